The number of nitrogens with zero attached hydrogens (tertiary/aromatic N) is 1. The summed E-state index contributed by atoms with van der Waals surface area (Å²) in [6.07, 6.45) is 0. The Bertz CT molecular complexity index is 310. The van der Waals surface area contributed by atoms with Gasteiger partial charge in [-0.15, -0.1) is 0 Å². The van der Waals surface area contributed by atoms with E-state index in [-0.39, 0.29) is 0 Å². The Morgan fingerprint density at radius 3 is 2.33 bits per heavy atom. The van der Waals surface area contributed by atoms with Gasteiger partial charge < -0.3 is 9.64 Å². The van der Waals surface area contributed by atoms with Crippen LogP contribution in [0.5, 0.6) is 5.75 Å². The molecule has 1 aromatic rings. The summed E-state index contributed by atoms with van der Waals surface area (Å²) in [5.41, 5.74) is 1.17. The molecule has 0 aliphatic heterocycles. The van der Waals surface area contributed by atoms with E-state index in [1.54, 1.807) is 4.90 Å². The van der Waals surface area contributed by atoms with E-state index in [1.807, 2.05) is 59.1 Å². The zero-order chi connectivity index (χ0) is 11.8. The molecule has 15 heavy (non-hydrogen) atoms. The molecule has 1 rings (SSSR count). The molecule has 2 nitrogen and oxygen atoms in total. The van der Waals surface area contributed by atoms with Gasteiger partial charge in [-0.25, -0.2) is 0 Å². The van der Waals surface area contributed by atoms with Crippen molar-refractivity contribution in [1.82, 2.24) is 4.90 Å². The van der Waals surface area contributed by atoms with Gasteiger partial charge in [-0.2, -0.15) is 0 Å². The first-order valence-electron chi connectivity index (χ1n) is 5.05. The van der Waals surface area contributed by atoms with Crippen LogP contribution in [0.3, 0.4) is 0 Å². The van der Waals surface area contributed by atoms with Crippen molar-refractivity contribution in [2.24, 2.45) is 0 Å². The van der Waals surface area contributed by atoms with Crippen molar-refractivity contribution in [3.63, 3.8) is 0 Å². The molecule has 84 valence electrons. The highest BCUT2D eigenvalue weighted by molar-refractivity contribution is 7.80. The third-order valence-corrected chi connectivity index (χ3v) is 2.01. The van der Waals surface area contributed by atoms with Gasteiger partial charge in [0.05, 0.1) is 0 Å². The normalized spacial score (nSPS) is 8.60. The van der Waals surface area contributed by atoms with E-state index in [0.29, 0.717) is 5.17 Å². The molecule has 0 amide bonds. The first-order valence-corrected chi connectivity index (χ1v) is 5.46. The molecule has 0 saturated carbocycles. The maximum absolute atomic E-state index is 5.41. The summed E-state index contributed by atoms with van der Waals surface area (Å²) in [5.74, 6) is 0.790. The zero-order valence-corrected chi connectivity index (χ0v) is 10.9. The summed E-state index contributed by atoms with van der Waals surface area (Å²) in [6, 6.07) is 7.81. The molecule has 0 N–H and O–H groups in total. The van der Waals surface area contributed by atoms with E-state index in [0.717, 1.165) is 5.75 Å². The topological polar surface area (TPSA) is 12.5 Å². The predicted octanol–water partition coefficient (Wildman–Crippen LogP) is 3.25. The molecule has 0 aliphatic rings. The number of hydrogen-bond acceptors (Lipinski definition) is 2. The van der Waals surface area contributed by atoms with Crippen molar-refractivity contribution in [2.75, 3.05) is 14.1 Å². The minimum absolute atomic E-state index is 0.477. The standard InChI is InChI=1S/C10H13NOS.C2H6/c1-8-5-4-6-9(7-8)12-10(13)11(2)3;1-2/h4-7H,1-3H3;1-2H3. The summed E-state index contributed by atoms with van der Waals surface area (Å²) >= 11 is 5.01. The van der Waals surface area contributed by atoms with Crippen molar-refractivity contribution in [3.8, 4) is 5.75 Å². The SMILES string of the molecule is CC.Cc1cccc(OC(=S)N(C)C)c1. The number of aryl methyl sites for hydroxylation is 1. The molecule has 0 aliphatic carbocycles. The largest absolute Gasteiger partial charge is 0.432 e. The van der Waals surface area contributed by atoms with Crippen molar-refractivity contribution >= 4 is 17.4 Å². The van der Waals surface area contributed by atoms with Crippen LogP contribution in [0.2, 0.25) is 0 Å². The average molecular weight is 225 g/mol. The molecule has 0 spiro atoms. The van der Waals surface area contributed by atoms with Crippen LogP contribution in [0.15, 0.2) is 24.3 Å². The minimum atomic E-state index is 0.477. The fraction of sp³-hybridized carbons (Fsp3) is 0.417. The van der Waals surface area contributed by atoms with Crippen LogP contribution in [0.25, 0.3) is 0 Å². The molecule has 3 heteroatoms. The van der Waals surface area contributed by atoms with Gasteiger partial charge >= 0.3 is 0 Å². The molecule has 0 aromatic heterocycles. The lowest BCUT2D eigenvalue weighted by Crippen LogP contribution is -2.24. The minimum Gasteiger partial charge on any atom is -0.432 e. The number of hydrogen-bond donors (Lipinski definition) is 0. The lowest BCUT2D eigenvalue weighted by Gasteiger charge is -2.14. The molecule has 0 unspecified atom stereocenters. The summed E-state index contributed by atoms with van der Waals surface area (Å²) in [7, 11) is 3.72. The smallest absolute Gasteiger partial charge is 0.264 e. The van der Waals surface area contributed by atoms with Gasteiger partial charge in [0.25, 0.3) is 5.17 Å². The lowest BCUT2D eigenvalue weighted by atomic mass is 10.2. The molecule has 0 saturated heterocycles. The summed E-state index contributed by atoms with van der Waals surface area (Å²) in [4.78, 5) is 1.76. The summed E-state index contributed by atoms with van der Waals surface area (Å²) < 4.78 is 5.41. The summed E-state index contributed by atoms with van der Waals surface area (Å²) in [5, 5.41) is 0.477. The van der Waals surface area contributed by atoms with Gasteiger partial charge in [-0.3, -0.25) is 0 Å². The molecule has 0 bridgehead atoms. The Balaban J connectivity index is 0.000000921. The van der Waals surface area contributed by atoms with Gasteiger partial charge in [0.15, 0.2) is 0 Å². The van der Waals surface area contributed by atoms with Gasteiger partial charge in [0.1, 0.15) is 5.75 Å². The second-order valence-electron chi connectivity index (χ2n) is 3.08. The van der Waals surface area contributed by atoms with Crippen molar-refractivity contribution in [2.45, 2.75) is 20.8 Å². The van der Waals surface area contributed by atoms with Crippen molar-refractivity contribution in [1.29, 1.82) is 0 Å². The van der Waals surface area contributed by atoms with E-state index in [1.165, 1.54) is 5.56 Å². The Labute approximate surface area is 97.9 Å². The molecule has 1 aromatic carbocycles. The van der Waals surface area contributed by atoms with Crippen molar-refractivity contribution in [3.05, 3.63) is 29.8 Å². The molecule has 0 heterocycles. The fourth-order valence-electron chi connectivity index (χ4n) is 0.871. The maximum Gasteiger partial charge on any atom is 0.264 e. The Hall–Kier alpha value is -1.09. The van der Waals surface area contributed by atoms with Crippen LogP contribution >= 0.6 is 12.2 Å². The lowest BCUT2D eigenvalue weighted by molar-refractivity contribution is 0.449. The van der Waals surface area contributed by atoms with Gasteiger partial charge in [0.2, 0.25) is 0 Å². The van der Waals surface area contributed by atoms with Crippen LogP contribution in [0.4, 0.5) is 0 Å². The highest BCUT2D eigenvalue weighted by Crippen LogP contribution is 2.12. The van der Waals surface area contributed by atoms with E-state index >= 15 is 0 Å². The predicted molar refractivity (Wildman–Crippen MR) is 69.4 cm³/mol. The van der Waals surface area contributed by atoms with E-state index in [2.05, 4.69) is 0 Å². The van der Waals surface area contributed by atoms with Gasteiger partial charge in [-0.1, -0.05) is 26.0 Å². The monoisotopic (exact) mass is 225 g/mol. The first-order chi connectivity index (χ1) is 7.09. The molecule has 0 fully saturated rings. The Kier molecular flexibility index (Phi) is 6.71. The van der Waals surface area contributed by atoms with E-state index < -0.39 is 0 Å². The average Bonchev–Trinajstić information content (AvgIpc) is 2.20. The van der Waals surface area contributed by atoms with Crippen LogP contribution < -0.4 is 4.74 Å². The second kappa shape index (κ2) is 7.23. The quantitative estimate of drug-likeness (QED) is 0.681. The Morgan fingerprint density at radius 1 is 1.27 bits per heavy atom. The highest BCUT2D eigenvalue weighted by Gasteiger charge is 2.01. The maximum atomic E-state index is 5.41. The van der Waals surface area contributed by atoms with Crippen LogP contribution in [0, 0.1) is 6.92 Å². The van der Waals surface area contributed by atoms with Crippen molar-refractivity contribution < 1.29 is 4.74 Å². The first kappa shape index (κ1) is 13.9. The number of benzene rings is 1. The molecular formula is C12H19NOS. The second-order valence-corrected chi connectivity index (χ2v) is 3.43. The third kappa shape index (κ3) is 5.37. The van der Waals surface area contributed by atoms with Crippen LogP contribution in [-0.4, -0.2) is 24.2 Å². The van der Waals surface area contributed by atoms with Gasteiger partial charge in [0, 0.05) is 14.1 Å². The van der Waals surface area contributed by atoms with E-state index in [4.69, 9.17) is 17.0 Å². The molecule has 0 radical (unpaired) electrons. The molecular weight excluding hydrogens is 206 g/mol. The Morgan fingerprint density at radius 2 is 1.87 bits per heavy atom. The fourth-order valence-corrected chi connectivity index (χ4v) is 0.967. The number of thiocarbonyl (C=S) groups is 1. The number of ether oxygens (including phenoxy) is 1. The van der Waals surface area contributed by atoms with Crippen LogP contribution in [-0.2, 0) is 0 Å². The summed E-state index contributed by atoms with van der Waals surface area (Å²) in [6.45, 7) is 6.02. The highest BCUT2D eigenvalue weighted by atomic mass is 32.1. The molecule has 0 atom stereocenters. The van der Waals surface area contributed by atoms with Crippen LogP contribution in [0.1, 0.15) is 19.4 Å². The van der Waals surface area contributed by atoms with Gasteiger partial charge in [-0.05, 0) is 36.8 Å². The van der Waals surface area contributed by atoms with E-state index in [9.17, 15) is 0 Å². The third-order valence-electron chi connectivity index (χ3n) is 1.56. The zero-order valence-electron chi connectivity index (χ0n) is 10.1. The number of rotatable bonds is 1.